The van der Waals surface area contributed by atoms with E-state index in [-0.39, 0.29) is 16.7 Å². The fourth-order valence-electron chi connectivity index (χ4n) is 3.20. The predicted molar refractivity (Wildman–Crippen MR) is 109 cm³/mol. The number of sulfonamides is 1. The molecule has 9 heteroatoms. The van der Waals surface area contributed by atoms with Crippen molar-refractivity contribution in [1.29, 1.82) is 0 Å². The molecule has 1 fully saturated rings. The number of nitrogens with one attached hydrogen (secondary N) is 1. The molecule has 8 nitrogen and oxygen atoms in total. The Balaban J connectivity index is 1.51. The van der Waals surface area contributed by atoms with Gasteiger partial charge in [0.15, 0.2) is 11.7 Å². The number of rotatable bonds is 9. The second-order valence-electron chi connectivity index (χ2n) is 8.28. The van der Waals surface area contributed by atoms with E-state index in [9.17, 15) is 8.42 Å². The molecule has 0 bridgehead atoms. The van der Waals surface area contributed by atoms with Gasteiger partial charge in [0, 0.05) is 5.92 Å². The number of hydrogen-bond acceptors (Lipinski definition) is 7. The molecule has 30 heavy (non-hydrogen) atoms. The SMILES string of the molecule is Cc1ccc(S(=O)(=O)N[C@@H](CC(C)C)c2nc(Cc3cnc(C4CC4)o3)no2)cc1. The molecule has 1 aliphatic rings. The predicted octanol–water partition coefficient (Wildman–Crippen LogP) is 3.90. The third kappa shape index (κ3) is 4.96. The van der Waals surface area contributed by atoms with Gasteiger partial charge in [0.25, 0.3) is 0 Å². The molecule has 1 aliphatic carbocycles. The Morgan fingerprint density at radius 1 is 1.20 bits per heavy atom. The van der Waals surface area contributed by atoms with Crippen molar-refractivity contribution in [2.45, 2.75) is 63.3 Å². The second-order valence-corrected chi connectivity index (χ2v) is 10.00. The van der Waals surface area contributed by atoms with E-state index in [1.165, 1.54) is 0 Å². The lowest BCUT2D eigenvalue weighted by Gasteiger charge is -2.17. The minimum Gasteiger partial charge on any atom is -0.445 e. The van der Waals surface area contributed by atoms with Gasteiger partial charge in [-0.3, -0.25) is 0 Å². The van der Waals surface area contributed by atoms with E-state index in [1.807, 2.05) is 20.8 Å². The van der Waals surface area contributed by atoms with Crippen LogP contribution in [0.3, 0.4) is 0 Å². The summed E-state index contributed by atoms with van der Waals surface area (Å²) in [6.45, 7) is 5.93. The first-order chi connectivity index (χ1) is 14.3. The van der Waals surface area contributed by atoms with Gasteiger partial charge < -0.3 is 8.94 Å². The molecule has 4 rings (SSSR count). The van der Waals surface area contributed by atoms with Crippen molar-refractivity contribution in [3.05, 3.63) is 59.4 Å². The summed E-state index contributed by atoms with van der Waals surface area (Å²) in [6.07, 6.45) is 4.80. The van der Waals surface area contributed by atoms with Crippen molar-refractivity contribution in [2.75, 3.05) is 0 Å². The number of nitrogens with zero attached hydrogens (tertiary/aromatic N) is 3. The van der Waals surface area contributed by atoms with E-state index in [2.05, 4.69) is 19.8 Å². The standard InChI is InChI=1S/C21H26N4O4S/c1-13(2)10-18(25-30(26,27)17-8-4-14(3)5-9-17)21-23-19(24-29-21)11-16-12-22-20(28-16)15-6-7-15/h4-5,8-9,12-13,15,18,25H,6-7,10-11H2,1-3H3/t18-/m0/s1. The Labute approximate surface area is 176 Å². The highest BCUT2D eigenvalue weighted by Gasteiger charge is 2.29. The maximum Gasteiger partial charge on any atom is 0.244 e. The average molecular weight is 431 g/mol. The van der Waals surface area contributed by atoms with E-state index in [0.29, 0.717) is 30.3 Å². The van der Waals surface area contributed by atoms with Gasteiger partial charge in [0.05, 0.1) is 17.5 Å². The summed E-state index contributed by atoms with van der Waals surface area (Å²) in [4.78, 5) is 8.93. The molecule has 3 aromatic rings. The van der Waals surface area contributed by atoms with Crippen molar-refractivity contribution in [2.24, 2.45) is 5.92 Å². The fraction of sp³-hybridized carbons (Fsp3) is 0.476. The summed E-state index contributed by atoms with van der Waals surface area (Å²) in [5, 5.41) is 4.02. The highest BCUT2D eigenvalue weighted by molar-refractivity contribution is 7.89. The molecule has 1 N–H and O–H groups in total. The first-order valence-corrected chi connectivity index (χ1v) is 11.6. The van der Waals surface area contributed by atoms with Crippen LogP contribution in [0.4, 0.5) is 0 Å². The third-order valence-corrected chi connectivity index (χ3v) is 6.44. The lowest BCUT2D eigenvalue weighted by atomic mass is 10.0. The summed E-state index contributed by atoms with van der Waals surface area (Å²) < 4.78 is 39.6. The van der Waals surface area contributed by atoms with Gasteiger partial charge in [-0.15, -0.1) is 0 Å². The van der Waals surface area contributed by atoms with Gasteiger partial charge in [-0.1, -0.05) is 36.7 Å². The number of hydrogen-bond donors (Lipinski definition) is 1. The van der Waals surface area contributed by atoms with Gasteiger partial charge in [0.2, 0.25) is 15.9 Å². The van der Waals surface area contributed by atoms with Gasteiger partial charge in [0.1, 0.15) is 11.8 Å². The van der Waals surface area contributed by atoms with E-state index < -0.39 is 16.1 Å². The molecule has 2 heterocycles. The van der Waals surface area contributed by atoms with Gasteiger partial charge >= 0.3 is 0 Å². The smallest absolute Gasteiger partial charge is 0.244 e. The quantitative estimate of drug-likeness (QED) is 0.548. The third-order valence-electron chi connectivity index (χ3n) is 4.95. The fourth-order valence-corrected chi connectivity index (χ4v) is 4.41. The van der Waals surface area contributed by atoms with Crippen LogP contribution in [0.25, 0.3) is 0 Å². The Bertz CT molecular complexity index is 1100. The largest absolute Gasteiger partial charge is 0.445 e. The normalized spacial score (nSPS) is 15.6. The zero-order valence-corrected chi connectivity index (χ0v) is 18.1. The zero-order chi connectivity index (χ0) is 21.3. The Kier molecular flexibility index (Phi) is 5.75. The molecule has 1 aromatic carbocycles. The number of aryl methyl sites for hydroxylation is 1. The van der Waals surface area contributed by atoms with E-state index in [1.54, 1.807) is 30.5 Å². The molecule has 0 aliphatic heterocycles. The van der Waals surface area contributed by atoms with Crippen LogP contribution in [0, 0.1) is 12.8 Å². The maximum absolute atomic E-state index is 12.9. The summed E-state index contributed by atoms with van der Waals surface area (Å²) in [5.41, 5.74) is 0.992. The van der Waals surface area contributed by atoms with Crippen LogP contribution < -0.4 is 4.72 Å². The molecule has 0 unspecified atom stereocenters. The molecule has 0 spiro atoms. The molecule has 0 saturated heterocycles. The number of benzene rings is 1. The van der Waals surface area contributed by atoms with Gasteiger partial charge in [-0.05, 0) is 44.2 Å². The van der Waals surface area contributed by atoms with Crippen LogP contribution in [0.2, 0.25) is 0 Å². The topological polar surface area (TPSA) is 111 Å². The van der Waals surface area contributed by atoms with Crippen LogP contribution in [0.5, 0.6) is 0 Å². The summed E-state index contributed by atoms with van der Waals surface area (Å²) in [5.74, 6) is 2.78. The van der Waals surface area contributed by atoms with E-state index >= 15 is 0 Å². The molecule has 1 saturated carbocycles. The molecule has 160 valence electrons. The van der Waals surface area contributed by atoms with Crippen molar-refractivity contribution in [3.63, 3.8) is 0 Å². The van der Waals surface area contributed by atoms with Crippen LogP contribution >= 0.6 is 0 Å². The van der Waals surface area contributed by atoms with Crippen LogP contribution in [0.1, 0.15) is 74.0 Å². The minimum atomic E-state index is -3.73. The molecule has 2 aromatic heterocycles. The Morgan fingerprint density at radius 2 is 1.93 bits per heavy atom. The number of oxazole rings is 1. The van der Waals surface area contributed by atoms with Crippen LogP contribution in [-0.2, 0) is 16.4 Å². The highest BCUT2D eigenvalue weighted by Crippen LogP contribution is 2.39. The average Bonchev–Trinajstić information content (AvgIpc) is 3.25. The highest BCUT2D eigenvalue weighted by atomic mass is 32.2. The van der Waals surface area contributed by atoms with Crippen molar-refractivity contribution in [1.82, 2.24) is 19.8 Å². The van der Waals surface area contributed by atoms with E-state index in [0.717, 1.165) is 24.3 Å². The molecular weight excluding hydrogens is 404 g/mol. The summed E-state index contributed by atoms with van der Waals surface area (Å²) in [6, 6.07) is 6.10. The molecule has 0 amide bonds. The molecule has 1 atom stereocenters. The van der Waals surface area contributed by atoms with Crippen LogP contribution in [-0.4, -0.2) is 23.5 Å². The lowest BCUT2D eigenvalue weighted by molar-refractivity contribution is 0.321. The maximum atomic E-state index is 12.9. The zero-order valence-electron chi connectivity index (χ0n) is 17.3. The summed E-state index contributed by atoms with van der Waals surface area (Å²) >= 11 is 0. The minimum absolute atomic E-state index is 0.205. The molecule has 0 radical (unpaired) electrons. The Hall–Kier alpha value is -2.52. The first kappa shape index (κ1) is 20.7. The number of aromatic nitrogens is 3. The second kappa shape index (κ2) is 8.31. The first-order valence-electron chi connectivity index (χ1n) is 10.2. The van der Waals surface area contributed by atoms with Crippen LogP contribution in [0.15, 0.2) is 44.3 Å². The van der Waals surface area contributed by atoms with Crippen molar-refractivity contribution >= 4 is 10.0 Å². The Morgan fingerprint density at radius 3 is 2.60 bits per heavy atom. The van der Waals surface area contributed by atoms with Crippen molar-refractivity contribution < 1.29 is 17.4 Å². The molecular formula is C21H26N4O4S. The van der Waals surface area contributed by atoms with Crippen molar-refractivity contribution in [3.8, 4) is 0 Å². The lowest BCUT2D eigenvalue weighted by Crippen LogP contribution is -2.30. The van der Waals surface area contributed by atoms with Gasteiger partial charge in [-0.25, -0.2) is 13.4 Å². The van der Waals surface area contributed by atoms with Gasteiger partial charge in [-0.2, -0.15) is 9.71 Å². The monoisotopic (exact) mass is 430 g/mol. The summed E-state index contributed by atoms with van der Waals surface area (Å²) in [7, 11) is -3.73. The van der Waals surface area contributed by atoms with E-state index in [4.69, 9.17) is 8.94 Å².